The average Bonchev–Trinajstić information content (AvgIpc) is 2.82. The minimum atomic E-state index is -0.409. The third-order valence-electron chi connectivity index (χ3n) is 5.19. The molecule has 0 aliphatic rings. The summed E-state index contributed by atoms with van der Waals surface area (Å²) >= 11 is 6.14. The number of aliphatic hydroxyl groups excluding tert-OH is 1. The van der Waals surface area contributed by atoms with Crippen LogP contribution in [0.2, 0.25) is 5.02 Å². The first-order chi connectivity index (χ1) is 15.9. The first-order valence-corrected chi connectivity index (χ1v) is 10.6. The molecule has 2 aromatic carbocycles. The second-order valence-corrected chi connectivity index (χ2v) is 7.87. The van der Waals surface area contributed by atoms with E-state index in [4.69, 9.17) is 20.8 Å². The Morgan fingerprint density at radius 3 is 2.61 bits per heavy atom. The molecule has 0 atom stereocenters. The maximum absolute atomic E-state index is 13.3. The van der Waals surface area contributed by atoms with Crippen molar-refractivity contribution >= 4 is 39.9 Å². The van der Waals surface area contributed by atoms with Gasteiger partial charge in [-0.3, -0.25) is 9.78 Å². The summed E-state index contributed by atoms with van der Waals surface area (Å²) in [5.41, 5.74) is 3.97. The summed E-state index contributed by atoms with van der Waals surface area (Å²) in [6.07, 6.45) is 1.57. The fraction of sp³-hybridized carbons (Fsp3) is 0.160. The van der Waals surface area contributed by atoms with Crippen molar-refractivity contribution in [3.8, 4) is 5.75 Å². The van der Waals surface area contributed by atoms with Gasteiger partial charge in [-0.05, 0) is 67.9 Å². The number of fused-ring (bicyclic) bond motifs is 1. The Hall–Kier alpha value is -3.68. The number of rotatable bonds is 5. The minimum Gasteiger partial charge on any atom is -0.497 e. The van der Waals surface area contributed by atoms with Gasteiger partial charge in [0.1, 0.15) is 11.3 Å². The van der Waals surface area contributed by atoms with E-state index in [9.17, 15) is 9.90 Å². The molecule has 0 fully saturated rings. The standard InChI is InChI=1S/C25H22ClN3O4/c1-14-10-18(6-9-22(14)26)29-25-21(24(31)28-17-4-7-19(32-3)8-5-17)11-20-16(13-30)12-27-15(2)23(20)33-25/h4-12,30H,13H2,1-3H3,(H,28,31). The van der Waals surface area contributed by atoms with E-state index >= 15 is 0 Å². The number of pyridine rings is 1. The van der Waals surface area contributed by atoms with Crippen LogP contribution in [-0.4, -0.2) is 23.1 Å². The highest BCUT2D eigenvalue weighted by Gasteiger charge is 2.17. The summed E-state index contributed by atoms with van der Waals surface area (Å²) in [6.45, 7) is 3.42. The molecule has 0 saturated carbocycles. The van der Waals surface area contributed by atoms with E-state index in [0.717, 1.165) is 5.56 Å². The van der Waals surface area contributed by atoms with Gasteiger partial charge < -0.3 is 19.6 Å². The highest BCUT2D eigenvalue weighted by atomic mass is 35.5. The van der Waals surface area contributed by atoms with E-state index in [0.29, 0.717) is 44.4 Å². The first kappa shape index (κ1) is 22.5. The fourth-order valence-corrected chi connectivity index (χ4v) is 3.47. The van der Waals surface area contributed by atoms with E-state index < -0.39 is 5.91 Å². The van der Waals surface area contributed by atoms with Crippen LogP contribution >= 0.6 is 11.6 Å². The number of amides is 1. The van der Waals surface area contributed by atoms with E-state index in [1.54, 1.807) is 62.7 Å². The van der Waals surface area contributed by atoms with Gasteiger partial charge in [0.15, 0.2) is 5.58 Å². The van der Waals surface area contributed by atoms with Gasteiger partial charge in [0.25, 0.3) is 5.91 Å². The Morgan fingerprint density at radius 2 is 1.94 bits per heavy atom. The highest BCUT2D eigenvalue weighted by molar-refractivity contribution is 6.31. The first-order valence-electron chi connectivity index (χ1n) is 10.2. The molecule has 8 heteroatoms. The van der Waals surface area contributed by atoms with Gasteiger partial charge in [-0.1, -0.05) is 11.6 Å². The molecule has 0 radical (unpaired) electrons. The van der Waals surface area contributed by atoms with Crippen molar-refractivity contribution in [3.05, 3.63) is 87.7 Å². The number of nitrogens with one attached hydrogen (secondary N) is 1. The smallest absolute Gasteiger partial charge is 0.261 e. The molecule has 4 rings (SSSR count). The maximum atomic E-state index is 13.3. The van der Waals surface area contributed by atoms with E-state index in [2.05, 4.69) is 15.3 Å². The van der Waals surface area contributed by atoms with E-state index in [1.165, 1.54) is 0 Å². The number of hydrogen-bond acceptors (Lipinski definition) is 6. The van der Waals surface area contributed by atoms with Gasteiger partial charge in [0.05, 0.1) is 25.1 Å². The SMILES string of the molecule is COc1ccc(NC(=O)c2cc3c(CO)cnc(C)c3oc2=Nc2ccc(Cl)c(C)c2)cc1. The fourth-order valence-electron chi connectivity index (χ4n) is 3.35. The molecule has 0 bridgehead atoms. The van der Waals surface area contributed by atoms with Crippen molar-refractivity contribution in [2.24, 2.45) is 4.99 Å². The van der Waals surface area contributed by atoms with Crippen molar-refractivity contribution in [2.75, 3.05) is 12.4 Å². The van der Waals surface area contributed by atoms with Crippen LogP contribution in [-0.2, 0) is 6.61 Å². The monoisotopic (exact) mass is 463 g/mol. The number of aliphatic hydroxyl groups is 1. The molecule has 0 aliphatic heterocycles. The van der Waals surface area contributed by atoms with Gasteiger partial charge in [-0.15, -0.1) is 0 Å². The third kappa shape index (κ3) is 4.74. The van der Waals surface area contributed by atoms with E-state index in [-0.39, 0.29) is 17.7 Å². The zero-order valence-electron chi connectivity index (χ0n) is 18.3. The highest BCUT2D eigenvalue weighted by Crippen LogP contribution is 2.24. The summed E-state index contributed by atoms with van der Waals surface area (Å²) in [5.74, 6) is 0.270. The number of benzene rings is 2. The van der Waals surface area contributed by atoms with Crippen LogP contribution in [0, 0.1) is 13.8 Å². The minimum absolute atomic E-state index is 0.121. The molecular formula is C25H22ClN3O4. The lowest BCUT2D eigenvalue weighted by Crippen LogP contribution is -2.22. The molecule has 168 valence electrons. The molecule has 1 amide bonds. The zero-order valence-corrected chi connectivity index (χ0v) is 19.1. The predicted octanol–water partition coefficient (Wildman–Crippen LogP) is 5.08. The number of carbonyl (C=O) groups excluding carboxylic acids is 1. The molecule has 0 unspecified atom stereocenters. The number of anilines is 1. The van der Waals surface area contributed by atoms with Crippen molar-refractivity contribution in [1.29, 1.82) is 0 Å². The van der Waals surface area contributed by atoms with Crippen molar-refractivity contribution in [1.82, 2.24) is 4.98 Å². The third-order valence-corrected chi connectivity index (χ3v) is 5.61. The molecular weight excluding hydrogens is 442 g/mol. The van der Waals surface area contributed by atoms with Crippen LogP contribution in [0.1, 0.15) is 27.2 Å². The van der Waals surface area contributed by atoms with Crippen LogP contribution < -0.4 is 15.6 Å². The van der Waals surface area contributed by atoms with Crippen molar-refractivity contribution < 1.29 is 19.1 Å². The Bertz CT molecular complexity index is 1410. The van der Waals surface area contributed by atoms with Crippen LogP contribution in [0.15, 0.2) is 64.1 Å². The number of halogens is 1. The van der Waals surface area contributed by atoms with Crippen LogP contribution in [0.25, 0.3) is 11.0 Å². The molecule has 0 aliphatic carbocycles. The van der Waals surface area contributed by atoms with Crippen molar-refractivity contribution in [3.63, 3.8) is 0 Å². The van der Waals surface area contributed by atoms with Crippen LogP contribution in [0.4, 0.5) is 11.4 Å². The lowest BCUT2D eigenvalue weighted by atomic mass is 10.1. The largest absolute Gasteiger partial charge is 0.497 e. The Morgan fingerprint density at radius 1 is 1.18 bits per heavy atom. The second-order valence-electron chi connectivity index (χ2n) is 7.46. The summed E-state index contributed by atoms with van der Waals surface area (Å²) in [5, 5.41) is 13.8. The zero-order chi connectivity index (χ0) is 23.5. The number of methoxy groups -OCH3 is 1. The summed E-state index contributed by atoms with van der Waals surface area (Å²) < 4.78 is 11.2. The quantitative estimate of drug-likeness (QED) is 0.430. The molecule has 0 saturated heterocycles. The molecule has 4 aromatic rings. The van der Waals surface area contributed by atoms with Crippen LogP contribution in [0.3, 0.4) is 0 Å². The van der Waals surface area contributed by atoms with Gasteiger partial charge in [-0.25, -0.2) is 4.99 Å². The molecule has 2 aromatic heterocycles. The van der Waals surface area contributed by atoms with Gasteiger partial charge >= 0.3 is 0 Å². The van der Waals surface area contributed by atoms with Gasteiger partial charge in [-0.2, -0.15) is 0 Å². The molecule has 2 heterocycles. The Labute approximate surface area is 195 Å². The van der Waals surface area contributed by atoms with Gasteiger partial charge in [0.2, 0.25) is 5.55 Å². The van der Waals surface area contributed by atoms with Crippen LogP contribution in [0.5, 0.6) is 5.75 Å². The number of ether oxygens (including phenoxy) is 1. The topological polar surface area (TPSA) is 97.0 Å². The molecule has 33 heavy (non-hydrogen) atoms. The number of aromatic nitrogens is 1. The average molecular weight is 464 g/mol. The number of hydrogen-bond donors (Lipinski definition) is 2. The maximum Gasteiger partial charge on any atom is 0.261 e. The van der Waals surface area contributed by atoms with E-state index in [1.807, 2.05) is 13.0 Å². The Balaban J connectivity index is 1.89. The van der Waals surface area contributed by atoms with Crippen molar-refractivity contribution in [2.45, 2.75) is 20.5 Å². The normalized spacial score (nSPS) is 11.6. The molecule has 2 N–H and O–H groups in total. The number of carbonyl (C=O) groups is 1. The summed E-state index contributed by atoms with van der Waals surface area (Å²) in [7, 11) is 1.58. The summed E-state index contributed by atoms with van der Waals surface area (Å²) in [4.78, 5) is 22.1. The second kappa shape index (κ2) is 9.44. The Kier molecular flexibility index (Phi) is 6.44. The van der Waals surface area contributed by atoms with Gasteiger partial charge in [0, 0.05) is 27.9 Å². The predicted molar refractivity (Wildman–Crippen MR) is 127 cm³/mol. The lowest BCUT2D eigenvalue weighted by Gasteiger charge is -2.10. The number of nitrogens with zero attached hydrogens (tertiary/aromatic N) is 2. The molecule has 0 spiro atoms. The molecule has 7 nitrogen and oxygen atoms in total. The summed E-state index contributed by atoms with van der Waals surface area (Å²) in [6, 6.07) is 13.9. The number of aryl methyl sites for hydroxylation is 2. The lowest BCUT2D eigenvalue weighted by molar-refractivity contribution is 0.102.